The Morgan fingerprint density at radius 3 is 2.65 bits per heavy atom. The molecule has 0 spiro atoms. The molecule has 0 radical (unpaired) electrons. The third-order valence-corrected chi connectivity index (χ3v) is 4.24. The smallest absolute Gasteiger partial charge is 0.307 e. The van der Waals surface area contributed by atoms with Gasteiger partial charge in [-0.3, -0.25) is 9.10 Å². The van der Waals surface area contributed by atoms with Crippen LogP contribution in [0.1, 0.15) is 24.9 Å². The van der Waals surface area contributed by atoms with E-state index in [0.717, 1.165) is 29.2 Å². The van der Waals surface area contributed by atoms with Crippen molar-refractivity contribution in [2.24, 2.45) is 0 Å². The molecule has 0 aliphatic rings. The number of hydrogen-bond donors (Lipinski definition) is 1. The van der Waals surface area contributed by atoms with Gasteiger partial charge in [-0.05, 0) is 24.6 Å². The second kappa shape index (κ2) is 10.7. The first kappa shape index (κ1) is 20.1. The van der Waals surface area contributed by atoms with Crippen molar-refractivity contribution in [2.45, 2.75) is 19.4 Å². The van der Waals surface area contributed by atoms with Crippen molar-refractivity contribution in [2.75, 3.05) is 25.1 Å². The van der Waals surface area contributed by atoms with Crippen LogP contribution in [-0.2, 0) is 13.8 Å². The van der Waals surface area contributed by atoms with Crippen molar-refractivity contribution in [1.82, 2.24) is 5.48 Å². The standard InChI is InChI=1S/C19H24N2O4S/c1-4-24-19(22)14-18(15-9-6-5-7-10-15)20-25-26-21(2)16-11-8-12-17(13-16)23-3/h5-13,18,20H,4,14H2,1-3H3. The van der Waals surface area contributed by atoms with E-state index in [9.17, 15) is 4.79 Å². The Morgan fingerprint density at radius 1 is 1.19 bits per heavy atom. The number of benzene rings is 2. The molecule has 2 rings (SSSR count). The van der Waals surface area contributed by atoms with Gasteiger partial charge >= 0.3 is 5.97 Å². The van der Waals surface area contributed by atoms with Gasteiger partial charge in [0.1, 0.15) is 18.0 Å². The molecule has 0 aliphatic heterocycles. The summed E-state index contributed by atoms with van der Waals surface area (Å²) >= 11 is 1.13. The van der Waals surface area contributed by atoms with E-state index in [2.05, 4.69) is 5.48 Å². The molecule has 2 aromatic rings. The van der Waals surface area contributed by atoms with Crippen LogP contribution in [0.3, 0.4) is 0 Å². The number of rotatable bonds is 10. The topological polar surface area (TPSA) is 60.0 Å². The van der Waals surface area contributed by atoms with E-state index in [4.69, 9.17) is 13.8 Å². The van der Waals surface area contributed by atoms with E-state index in [-0.39, 0.29) is 18.4 Å². The molecule has 0 bridgehead atoms. The Bertz CT molecular complexity index is 684. The average Bonchev–Trinajstić information content (AvgIpc) is 2.68. The molecular weight excluding hydrogens is 352 g/mol. The fourth-order valence-corrected chi connectivity index (χ4v) is 2.75. The molecule has 0 aromatic heterocycles. The molecule has 2 aromatic carbocycles. The number of esters is 1. The Balaban J connectivity index is 1.94. The number of nitrogens with one attached hydrogen (secondary N) is 1. The molecule has 1 N–H and O–H groups in total. The van der Waals surface area contributed by atoms with Crippen LogP contribution in [0.4, 0.5) is 5.69 Å². The van der Waals surface area contributed by atoms with Crippen molar-refractivity contribution in [3.8, 4) is 5.75 Å². The molecule has 6 nitrogen and oxygen atoms in total. The molecule has 0 fully saturated rings. The normalized spacial score (nSPS) is 11.7. The van der Waals surface area contributed by atoms with Gasteiger partial charge in [0.15, 0.2) is 0 Å². The highest BCUT2D eigenvalue weighted by Gasteiger charge is 2.17. The zero-order valence-electron chi connectivity index (χ0n) is 15.2. The van der Waals surface area contributed by atoms with Crippen molar-refractivity contribution >= 4 is 23.9 Å². The Morgan fingerprint density at radius 2 is 1.96 bits per heavy atom. The number of anilines is 1. The lowest BCUT2D eigenvalue weighted by molar-refractivity contribution is -0.144. The second-order valence-electron chi connectivity index (χ2n) is 5.45. The maximum absolute atomic E-state index is 11.9. The van der Waals surface area contributed by atoms with Crippen molar-refractivity contribution in [3.63, 3.8) is 0 Å². The van der Waals surface area contributed by atoms with Gasteiger partial charge in [-0.1, -0.05) is 36.4 Å². The van der Waals surface area contributed by atoms with Gasteiger partial charge in [-0.2, -0.15) is 5.48 Å². The van der Waals surface area contributed by atoms with E-state index in [0.29, 0.717) is 6.61 Å². The van der Waals surface area contributed by atoms with Crippen LogP contribution in [0.5, 0.6) is 5.75 Å². The van der Waals surface area contributed by atoms with E-state index in [1.807, 2.05) is 66.0 Å². The molecule has 0 amide bonds. The summed E-state index contributed by atoms with van der Waals surface area (Å²) in [6, 6.07) is 17.0. The van der Waals surface area contributed by atoms with E-state index in [1.54, 1.807) is 14.0 Å². The monoisotopic (exact) mass is 376 g/mol. The van der Waals surface area contributed by atoms with Gasteiger partial charge in [0, 0.05) is 13.1 Å². The molecule has 26 heavy (non-hydrogen) atoms. The number of nitrogens with zero attached hydrogens (tertiary/aromatic N) is 1. The maximum Gasteiger partial charge on any atom is 0.307 e. The first-order chi connectivity index (χ1) is 12.6. The van der Waals surface area contributed by atoms with Crippen LogP contribution in [0.25, 0.3) is 0 Å². The third-order valence-electron chi connectivity index (χ3n) is 3.63. The molecule has 1 unspecified atom stereocenters. The lowest BCUT2D eigenvalue weighted by Crippen LogP contribution is -2.24. The molecule has 140 valence electrons. The van der Waals surface area contributed by atoms with Crippen LogP contribution in [0.2, 0.25) is 0 Å². The number of methoxy groups -OCH3 is 1. The molecule has 1 atom stereocenters. The molecule has 7 heteroatoms. The minimum absolute atomic E-state index is 0.182. The first-order valence-corrected chi connectivity index (χ1v) is 9.01. The van der Waals surface area contributed by atoms with Gasteiger partial charge < -0.3 is 9.47 Å². The summed E-state index contributed by atoms with van der Waals surface area (Å²) < 4.78 is 17.7. The van der Waals surface area contributed by atoms with Crippen LogP contribution in [0.15, 0.2) is 54.6 Å². The summed E-state index contributed by atoms with van der Waals surface area (Å²) in [6.07, 6.45) is 0.182. The highest BCUT2D eigenvalue weighted by atomic mass is 32.2. The Labute approximate surface area is 158 Å². The quantitative estimate of drug-likeness (QED) is 0.292. The number of hydrogen-bond acceptors (Lipinski definition) is 7. The fraction of sp³-hybridized carbons (Fsp3) is 0.316. The predicted octanol–water partition coefficient (Wildman–Crippen LogP) is 3.91. The highest BCUT2D eigenvalue weighted by Crippen LogP contribution is 2.26. The summed E-state index contributed by atoms with van der Waals surface area (Å²) in [6.45, 7) is 2.15. The highest BCUT2D eigenvalue weighted by molar-refractivity contribution is 7.96. The SMILES string of the molecule is CCOC(=O)CC(NOSN(C)c1cccc(OC)c1)c1ccccc1. The largest absolute Gasteiger partial charge is 0.497 e. The van der Waals surface area contributed by atoms with Crippen LogP contribution < -0.4 is 14.5 Å². The lowest BCUT2D eigenvalue weighted by Gasteiger charge is -2.21. The molecule has 0 saturated carbocycles. The van der Waals surface area contributed by atoms with Crippen molar-refractivity contribution in [3.05, 3.63) is 60.2 Å². The maximum atomic E-state index is 11.9. The number of carbonyl (C=O) groups excluding carboxylic acids is 1. The van der Waals surface area contributed by atoms with Gasteiger partial charge in [-0.15, -0.1) is 0 Å². The van der Waals surface area contributed by atoms with Gasteiger partial charge in [0.05, 0.1) is 31.9 Å². The minimum Gasteiger partial charge on any atom is -0.497 e. The zero-order chi connectivity index (χ0) is 18.8. The summed E-state index contributed by atoms with van der Waals surface area (Å²) in [5.74, 6) is 0.496. The summed E-state index contributed by atoms with van der Waals surface area (Å²) in [7, 11) is 3.51. The van der Waals surface area contributed by atoms with E-state index < -0.39 is 0 Å². The van der Waals surface area contributed by atoms with Gasteiger partial charge in [0.2, 0.25) is 0 Å². The summed E-state index contributed by atoms with van der Waals surface area (Å²) in [5.41, 5.74) is 4.82. The predicted molar refractivity (Wildman–Crippen MR) is 104 cm³/mol. The average molecular weight is 376 g/mol. The van der Waals surface area contributed by atoms with Crippen LogP contribution >= 0.6 is 12.2 Å². The van der Waals surface area contributed by atoms with Crippen molar-refractivity contribution < 1.29 is 18.6 Å². The third kappa shape index (κ3) is 6.25. The summed E-state index contributed by atoms with van der Waals surface area (Å²) in [4.78, 5) is 11.9. The van der Waals surface area contributed by atoms with Gasteiger partial charge in [-0.25, -0.2) is 4.28 Å². The van der Waals surface area contributed by atoms with E-state index in [1.165, 1.54) is 0 Å². The van der Waals surface area contributed by atoms with Gasteiger partial charge in [0.25, 0.3) is 0 Å². The van der Waals surface area contributed by atoms with Crippen molar-refractivity contribution in [1.29, 1.82) is 0 Å². The molecule has 0 aliphatic carbocycles. The Kier molecular flexibility index (Phi) is 8.27. The van der Waals surface area contributed by atoms with Crippen LogP contribution in [-0.4, -0.2) is 26.7 Å². The Hall–Kier alpha value is -2.22. The lowest BCUT2D eigenvalue weighted by atomic mass is 10.1. The first-order valence-electron chi connectivity index (χ1n) is 8.31. The summed E-state index contributed by atoms with van der Waals surface area (Å²) in [5, 5.41) is 0. The molecular formula is C19H24N2O4S. The number of ether oxygens (including phenoxy) is 2. The van der Waals surface area contributed by atoms with E-state index >= 15 is 0 Å². The van der Waals surface area contributed by atoms with Crippen LogP contribution in [0, 0.1) is 0 Å². The molecule has 0 heterocycles. The number of hydroxylamine groups is 1. The number of carbonyl (C=O) groups is 1. The second-order valence-corrected chi connectivity index (χ2v) is 6.31. The zero-order valence-corrected chi connectivity index (χ0v) is 16.0. The molecule has 0 saturated heterocycles. The minimum atomic E-state index is -0.304. The fourth-order valence-electron chi connectivity index (χ4n) is 2.28.